The fraction of sp³-hybridized carbons (Fsp3) is 0.167. The Bertz CT molecular complexity index is 872. The van der Waals surface area contributed by atoms with Crippen molar-refractivity contribution in [3.05, 3.63) is 18.2 Å². The average molecular weight is 312 g/mol. The van der Waals surface area contributed by atoms with E-state index in [0.717, 1.165) is 0 Å². The number of hydrogen-bond donors (Lipinski definition) is 0. The number of ether oxygens (including phenoxy) is 2. The van der Waals surface area contributed by atoms with Crippen molar-refractivity contribution in [1.29, 1.82) is 0 Å². The van der Waals surface area contributed by atoms with E-state index in [-0.39, 0.29) is 33.1 Å². The highest BCUT2D eigenvalue weighted by Crippen LogP contribution is 2.51. The fourth-order valence-electron chi connectivity index (χ4n) is 1.76. The highest BCUT2D eigenvalue weighted by atomic mass is 32.2. The first kappa shape index (κ1) is 13.4. The van der Waals surface area contributed by atoms with E-state index < -0.39 is 28.7 Å². The smallest absolute Gasteiger partial charge is 0.349 e. The molecule has 0 atom stereocenters. The van der Waals surface area contributed by atoms with Crippen LogP contribution >= 0.6 is 0 Å². The topological polar surface area (TPSA) is 109 Å². The molecular weight excluding hydrogens is 304 g/mol. The summed E-state index contributed by atoms with van der Waals surface area (Å²) in [6, 6.07) is 1.20. The van der Waals surface area contributed by atoms with E-state index >= 15 is 0 Å². The van der Waals surface area contributed by atoms with Gasteiger partial charge in [-0.05, 0) is 6.92 Å². The van der Waals surface area contributed by atoms with Crippen LogP contribution in [0.25, 0.3) is 11.2 Å². The minimum atomic E-state index is -3.90. The monoisotopic (exact) mass is 312 g/mol. The second-order valence-corrected chi connectivity index (χ2v) is 5.85. The number of esters is 2. The third-order valence-corrected chi connectivity index (χ3v) is 3.91. The van der Waals surface area contributed by atoms with Crippen LogP contribution in [0.15, 0.2) is 27.5 Å². The molecule has 0 N–H and O–H groups in total. The number of carbonyl (C=O) groups is 2. The zero-order valence-corrected chi connectivity index (χ0v) is 11.5. The van der Waals surface area contributed by atoms with Gasteiger partial charge in [0.25, 0.3) is 0 Å². The lowest BCUT2D eigenvalue weighted by Crippen LogP contribution is -2.19. The molecule has 0 aliphatic carbocycles. The van der Waals surface area contributed by atoms with Crippen molar-refractivity contribution in [1.82, 2.24) is 0 Å². The van der Waals surface area contributed by atoms with Crippen LogP contribution in [0, 0.1) is 0 Å². The Kier molecular flexibility index (Phi) is 2.70. The number of furan rings is 2. The minimum absolute atomic E-state index is 0.00623. The van der Waals surface area contributed by atoms with Crippen molar-refractivity contribution in [2.45, 2.75) is 11.8 Å². The minimum Gasteiger partial charge on any atom is -0.450 e. The van der Waals surface area contributed by atoms with Gasteiger partial charge in [0, 0.05) is 11.6 Å². The van der Waals surface area contributed by atoms with Gasteiger partial charge >= 0.3 is 22.1 Å². The molecule has 2 aromatic rings. The summed E-state index contributed by atoms with van der Waals surface area (Å²) >= 11 is 0. The Morgan fingerprint density at radius 2 is 2.10 bits per heavy atom. The van der Waals surface area contributed by atoms with Crippen molar-refractivity contribution >= 4 is 33.2 Å². The molecule has 0 amide bonds. The van der Waals surface area contributed by atoms with E-state index in [1.54, 1.807) is 0 Å². The molecule has 3 heterocycles. The van der Waals surface area contributed by atoms with Gasteiger partial charge in [0.2, 0.25) is 11.5 Å². The van der Waals surface area contributed by atoms with Crippen molar-refractivity contribution < 1.29 is 36.1 Å². The summed E-state index contributed by atoms with van der Waals surface area (Å²) in [4.78, 5) is 22.6. The molecule has 0 aromatic carbocycles. The molecule has 1 aliphatic heterocycles. The van der Waals surface area contributed by atoms with E-state index in [1.807, 2.05) is 0 Å². The molecule has 0 unspecified atom stereocenters. The molecule has 3 rings (SSSR count). The van der Waals surface area contributed by atoms with Crippen molar-refractivity contribution in [2.24, 2.45) is 0 Å². The maximum atomic E-state index is 11.6. The highest BCUT2D eigenvalue weighted by Gasteiger charge is 2.41. The summed E-state index contributed by atoms with van der Waals surface area (Å²) in [5.41, 5.74) is 0.207. The Morgan fingerprint density at radius 1 is 1.38 bits per heavy atom. The number of carbonyl (C=O) groups excluding carboxylic acids is 2. The van der Waals surface area contributed by atoms with E-state index in [4.69, 9.17) is 13.3 Å². The Morgan fingerprint density at radius 3 is 2.76 bits per heavy atom. The summed E-state index contributed by atoms with van der Waals surface area (Å²) in [5.74, 6) is -1.95. The van der Waals surface area contributed by atoms with Crippen LogP contribution in [0.3, 0.4) is 0 Å². The first-order valence-corrected chi connectivity index (χ1v) is 7.07. The SMILES string of the molecule is C=C(C)C(=O)OCC(=O)Oc1c2c3oc1cc3S(=O)(=O)O2. The summed E-state index contributed by atoms with van der Waals surface area (Å²) in [5, 5.41) is 0. The lowest BCUT2D eigenvalue weighted by Gasteiger charge is -2.04. The molecule has 2 bridgehead atoms. The molecule has 9 heteroatoms. The van der Waals surface area contributed by atoms with Gasteiger partial charge in [-0.2, -0.15) is 8.42 Å². The lowest BCUT2D eigenvalue weighted by atomic mass is 10.3. The van der Waals surface area contributed by atoms with E-state index in [1.165, 1.54) is 13.0 Å². The zero-order chi connectivity index (χ0) is 15.4. The molecular formula is C12H8O8S. The van der Waals surface area contributed by atoms with Gasteiger partial charge < -0.3 is 18.1 Å². The van der Waals surface area contributed by atoms with Crippen molar-refractivity contribution in [3.63, 3.8) is 0 Å². The number of hydrogen-bond acceptors (Lipinski definition) is 8. The van der Waals surface area contributed by atoms with E-state index in [0.29, 0.717) is 0 Å². The molecule has 21 heavy (non-hydrogen) atoms. The highest BCUT2D eigenvalue weighted by molar-refractivity contribution is 7.87. The van der Waals surface area contributed by atoms with Crippen LogP contribution in [0.2, 0.25) is 0 Å². The summed E-state index contributed by atoms with van der Waals surface area (Å²) in [7, 11) is -3.90. The molecule has 1 aliphatic rings. The van der Waals surface area contributed by atoms with Gasteiger partial charge in [-0.3, -0.25) is 0 Å². The van der Waals surface area contributed by atoms with E-state index in [2.05, 4.69) is 11.3 Å². The lowest BCUT2D eigenvalue weighted by molar-refractivity contribution is -0.150. The quantitative estimate of drug-likeness (QED) is 0.355. The first-order chi connectivity index (χ1) is 9.79. The van der Waals surface area contributed by atoms with Gasteiger partial charge in [0.05, 0.1) is 0 Å². The summed E-state index contributed by atoms with van der Waals surface area (Å²) < 4.78 is 42.5. The van der Waals surface area contributed by atoms with Crippen LogP contribution in [0.4, 0.5) is 0 Å². The van der Waals surface area contributed by atoms with Gasteiger partial charge in [-0.25, -0.2) is 9.59 Å². The second-order valence-electron chi connectivity index (χ2n) is 4.33. The third-order valence-electron chi connectivity index (χ3n) is 2.68. The van der Waals surface area contributed by atoms with Crippen LogP contribution < -0.4 is 8.92 Å². The van der Waals surface area contributed by atoms with Crippen molar-refractivity contribution in [3.8, 4) is 11.5 Å². The standard InChI is InChI=1S/C12H8O8S/c1-5(2)12(14)17-4-8(13)19-9-6-3-7-10(18-6)11(9)20-21(7,15)16/h3H,1,4H2,2H3. The normalized spacial score (nSPS) is 14.9. The predicted molar refractivity (Wildman–Crippen MR) is 66.6 cm³/mol. The van der Waals surface area contributed by atoms with Crippen LogP contribution in [-0.2, 0) is 24.4 Å². The Labute approximate surface area is 118 Å². The summed E-state index contributed by atoms with van der Waals surface area (Å²) in [6.45, 7) is 4.14. The van der Waals surface area contributed by atoms with E-state index in [9.17, 15) is 18.0 Å². The maximum absolute atomic E-state index is 11.6. The number of benzene rings is 1. The largest absolute Gasteiger partial charge is 0.450 e. The maximum Gasteiger partial charge on any atom is 0.349 e. The predicted octanol–water partition coefficient (Wildman–Crippen LogP) is 0.976. The second kappa shape index (κ2) is 4.22. The molecule has 8 nitrogen and oxygen atoms in total. The van der Waals surface area contributed by atoms with Crippen LogP contribution in [0.1, 0.15) is 6.92 Å². The zero-order valence-electron chi connectivity index (χ0n) is 10.7. The van der Waals surface area contributed by atoms with Gasteiger partial charge in [0.15, 0.2) is 22.7 Å². The molecule has 0 spiro atoms. The molecule has 0 saturated heterocycles. The fourth-order valence-corrected chi connectivity index (χ4v) is 2.84. The Hall–Kier alpha value is -2.55. The van der Waals surface area contributed by atoms with Gasteiger partial charge in [-0.1, -0.05) is 6.58 Å². The number of fused-ring (bicyclic) bond motifs is 1. The third kappa shape index (κ3) is 2.02. The molecule has 0 fully saturated rings. The summed E-state index contributed by atoms with van der Waals surface area (Å²) in [6.07, 6.45) is 0. The Balaban J connectivity index is 1.74. The van der Waals surface area contributed by atoms with Crippen molar-refractivity contribution in [2.75, 3.05) is 6.61 Å². The first-order valence-electron chi connectivity index (χ1n) is 5.66. The molecule has 2 aromatic heterocycles. The molecule has 110 valence electrons. The molecule has 0 radical (unpaired) electrons. The number of rotatable bonds is 4. The van der Waals surface area contributed by atoms with Crippen LogP contribution in [-0.4, -0.2) is 27.0 Å². The molecule has 0 saturated carbocycles. The van der Waals surface area contributed by atoms with Gasteiger partial charge in [-0.15, -0.1) is 0 Å². The van der Waals surface area contributed by atoms with Crippen LogP contribution in [0.5, 0.6) is 11.5 Å². The van der Waals surface area contributed by atoms with Gasteiger partial charge in [0.1, 0.15) is 0 Å². The average Bonchev–Trinajstić information content (AvgIpc) is 2.99.